The normalized spacial score (nSPS) is 11.9. The van der Waals surface area contributed by atoms with Crippen LogP contribution in [0.5, 0.6) is 0 Å². The van der Waals surface area contributed by atoms with Crippen molar-refractivity contribution in [2.75, 3.05) is 0 Å². The summed E-state index contributed by atoms with van der Waals surface area (Å²) >= 11 is 1.90. The SMILES string of the molecule is c1ccc(-c2nc(-c3cccc(-c4cc5c6ccccc6c6ccccc6c5c5sc6ccccc6c45)c3)nc3c2ccc2ccccc23)cc1. The number of fused-ring (bicyclic) bond motifs is 13. The van der Waals surface area contributed by atoms with Crippen LogP contribution in [0, 0.1) is 0 Å². The van der Waals surface area contributed by atoms with Crippen molar-refractivity contribution >= 4 is 85.5 Å². The van der Waals surface area contributed by atoms with Crippen LogP contribution >= 0.6 is 11.3 Å². The van der Waals surface area contributed by atoms with Crippen molar-refractivity contribution < 1.29 is 0 Å². The monoisotopic (exact) mass is 664 g/mol. The Morgan fingerprint density at radius 3 is 1.82 bits per heavy atom. The second kappa shape index (κ2) is 11.0. The molecule has 0 aliphatic carbocycles. The summed E-state index contributed by atoms with van der Waals surface area (Å²) in [6, 6.07) is 61.2. The van der Waals surface area contributed by atoms with Crippen molar-refractivity contribution in [3.63, 3.8) is 0 Å². The van der Waals surface area contributed by atoms with E-state index < -0.39 is 0 Å². The highest BCUT2D eigenvalue weighted by atomic mass is 32.1. The van der Waals surface area contributed by atoms with Gasteiger partial charge in [0.2, 0.25) is 0 Å². The van der Waals surface area contributed by atoms with Gasteiger partial charge in [0.1, 0.15) is 0 Å². The van der Waals surface area contributed by atoms with Crippen LogP contribution in [0.2, 0.25) is 0 Å². The molecular weight excluding hydrogens is 637 g/mol. The van der Waals surface area contributed by atoms with Gasteiger partial charge in [0, 0.05) is 47.5 Å². The van der Waals surface area contributed by atoms with Crippen molar-refractivity contribution in [2.45, 2.75) is 0 Å². The van der Waals surface area contributed by atoms with Gasteiger partial charge in [-0.25, -0.2) is 9.97 Å². The molecule has 0 bridgehead atoms. The van der Waals surface area contributed by atoms with Crippen LogP contribution in [0.4, 0.5) is 0 Å². The molecule has 9 aromatic carbocycles. The van der Waals surface area contributed by atoms with E-state index in [0.717, 1.165) is 44.5 Å². The van der Waals surface area contributed by atoms with Crippen molar-refractivity contribution in [3.8, 4) is 33.8 Å². The lowest BCUT2D eigenvalue weighted by Crippen LogP contribution is -1.96. The zero-order valence-corrected chi connectivity index (χ0v) is 28.3. The lowest BCUT2D eigenvalue weighted by molar-refractivity contribution is 1.23. The Balaban J connectivity index is 1.23. The van der Waals surface area contributed by atoms with Crippen LogP contribution in [0.1, 0.15) is 0 Å². The van der Waals surface area contributed by atoms with Crippen LogP contribution < -0.4 is 0 Å². The fourth-order valence-corrected chi connectivity index (χ4v) is 9.42. The summed E-state index contributed by atoms with van der Waals surface area (Å²) in [7, 11) is 0. The van der Waals surface area contributed by atoms with E-state index in [0.29, 0.717) is 0 Å². The maximum absolute atomic E-state index is 5.31. The number of nitrogens with zero attached hydrogens (tertiary/aromatic N) is 2. The molecule has 3 heteroatoms. The Morgan fingerprint density at radius 1 is 0.373 bits per heavy atom. The number of hydrogen-bond donors (Lipinski definition) is 0. The molecule has 0 spiro atoms. The predicted octanol–water partition coefficient (Wildman–Crippen LogP) is 13.6. The van der Waals surface area contributed by atoms with Crippen LogP contribution in [0.25, 0.3) is 108 Å². The van der Waals surface area contributed by atoms with Crippen LogP contribution in [0.15, 0.2) is 170 Å². The molecule has 2 aromatic heterocycles. The molecular formula is C48H28N2S. The Labute approximate surface area is 297 Å². The minimum Gasteiger partial charge on any atom is -0.227 e. The molecule has 0 saturated carbocycles. The molecule has 11 rings (SSSR count). The van der Waals surface area contributed by atoms with E-state index in [-0.39, 0.29) is 0 Å². The van der Waals surface area contributed by atoms with Crippen molar-refractivity contribution in [1.82, 2.24) is 9.97 Å². The van der Waals surface area contributed by atoms with Gasteiger partial charge in [0.05, 0.1) is 11.2 Å². The molecule has 236 valence electrons. The first-order valence-electron chi connectivity index (χ1n) is 17.3. The molecule has 0 fully saturated rings. The standard InChI is InChI=1S/C48H28N2S/c1-2-14-30(15-3-1)45-39-26-25-29-13-4-5-18-33(29)46(39)50-48(49-45)32-17-12-16-31(27-32)40-28-41-36-21-7-6-19-34(36)35-20-8-9-22-37(35)43(41)47-44(40)38-23-10-11-24-42(38)51-47/h1-28H. The number of hydrogen-bond acceptors (Lipinski definition) is 3. The van der Waals surface area contributed by atoms with E-state index in [4.69, 9.17) is 9.97 Å². The largest absolute Gasteiger partial charge is 0.227 e. The lowest BCUT2D eigenvalue weighted by atomic mass is 9.89. The second-order valence-electron chi connectivity index (χ2n) is 13.3. The highest BCUT2D eigenvalue weighted by Gasteiger charge is 2.20. The topological polar surface area (TPSA) is 25.8 Å². The minimum absolute atomic E-state index is 0.725. The molecule has 0 aliphatic rings. The van der Waals surface area contributed by atoms with E-state index in [1.54, 1.807) is 0 Å². The Morgan fingerprint density at radius 2 is 1.00 bits per heavy atom. The summed E-state index contributed by atoms with van der Waals surface area (Å²) in [5, 5.41) is 13.7. The average molecular weight is 665 g/mol. The van der Waals surface area contributed by atoms with Crippen LogP contribution in [-0.2, 0) is 0 Å². The van der Waals surface area contributed by atoms with Crippen LogP contribution in [0.3, 0.4) is 0 Å². The first-order valence-corrected chi connectivity index (χ1v) is 18.1. The summed E-state index contributed by atoms with van der Waals surface area (Å²) in [5.74, 6) is 0.725. The van der Waals surface area contributed by atoms with Gasteiger partial charge in [0.15, 0.2) is 5.82 Å². The predicted molar refractivity (Wildman–Crippen MR) is 219 cm³/mol. The highest BCUT2D eigenvalue weighted by molar-refractivity contribution is 7.27. The fraction of sp³-hybridized carbons (Fsp3) is 0. The van der Waals surface area contributed by atoms with Gasteiger partial charge in [-0.2, -0.15) is 0 Å². The smallest absolute Gasteiger partial charge is 0.160 e. The van der Waals surface area contributed by atoms with Gasteiger partial charge in [0.25, 0.3) is 0 Å². The molecule has 0 unspecified atom stereocenters. The summed E-state index contributed by atoms with van der Waals surface area (Å²) in [6.45, 7) is 0. The van der Waals surface area contributed by atoms with Gasteiger partial charge >= 0.3 is 0 Å². The van der Waals surface area contributed by atoms with E-state index in [1.165, 1.54) is 63.4 Å². The molecule has 11 aromatic rings. The highest BCUT2D eigenvalue weighted by Crippen LogP contribution is 2.48. The van der Waals surface area contributed by atoms with Gasteiger partial charge in [-0.05, 0) is 67.7 Å². The molecule has 0 radical (unpaired) electrons. The van der Waals surface area contributed by atoms with E-state index in [1.807, 2.05) is 11.3 Å². The number of benzene rings is 9. The number of thiophene rings is 1. The third-order valence-electron chi connectivity index (χ3n) is 10.4. The van der Waals surface area contributed by atoms with Crippen molar-refractivity contribution in [1.29, 1.82) is 0 Å². The molecule has 0 saturated heterocycles. The van der Waals surface area contributed by atoms with Gasteiger partial charge in [-0.3, -0.25) is 0 Å². The van der Waals surface area contributed by atoms with Crippen LogP contribution in [-0.4, -0.2) is 9.97 Å². The van der Waals surface area contributed by atoms with Gasteiger partial charge in [-0.1, -0.05) is 146 Å². The molecule has 2 heterocycles. The van der Waals surface area contributed by atoms with Gasteiger partial charge < -0.3 is 0 Å². The molecule has 0 amide bonds. The minimum atomic E-state index is 0.725. The Kier molecular flexibility index (Phi) is 6.16. The maximum Gasteiger partial charge on any atom is 0.160 e. The number of aromatic nitrogens is 2. The Hall–Kier alpha value is -6.42. The molecule has 2 nitrogen and oxygen atoms in total. The number of rotatable bonds is 3. The molecule has 0 atom stereocenters. The third kappa shape index (κ3) is 4.29. The maximum atomic E-state index is 5.31. The average Bonchev–Trinajstić information content (AvgIpc) is 3.60. The molecule has 51 heavy (non-hydrogen) atoms. The van der Waals surface area contributed by atoms with E-state index in [2.05, 4.69) is 170 Å². The van der Waals surface area contributed by atoms with E-state index in [9.17, 15) is 0 Å². The second-order valence-corrected chi connectivity index (χ2v) is 14.3. The fourth-order valence-electron chi connectivity index (χ4n) is 8.13. The first kappa shape index (κ1) is 28.4. The zero-order valence-electron chi connectivity index (χ0n) is 27.5. The Bertz CT molecular complexity index is 3190. The van der Waals surface area contributed by atoms with Crippen molar-refractivity contribution in [3.05, 3.63) is 170 Å². The van der Waals surface area contributed by atoms with E-state index >= 15 is 0 Å². The van der Waals surface area contributed by atoms with Gasteiger partial charge in [-0.15, -0.1) is 11.3 Å². The summed E-state index contributed by atoms with van der Waals surface area (Å²) < 4.78 is 2.63. The summed E-state index contributed by atoms with van der Waals surface area (Å²) in [4.78, 5) is 10.6. The summed E-state index contributed by atoms with van der Waals surface area (Å²) in [6.07, 6.45) is 0. The third-order valence-corrected chi connectivity index (χ3v) is 11.6. The lowest BCUT2D eigenvalue weighted by Gasteiger charge is -2.15. The molecule has 0 aliphatic heterocycles. The van der Waals surface area contributed by atoms with Crippen molar-refractivity contribution in [2.24, 2.45) is 0 Å². The molecule has 0 N–H and O–H groups in total. The quantitative estimate of drug-likeness (QED) is 0.176. The first-order chi connectivity index (χ1) is 25.3. The zero-order chi connectivity index (χ0) is 33.5. The summed E-state index contributed by atoms with van der Waals surface area (Å²) in [5.41, 5.74) is 6.38.